The Bertz CT molecular complexity index is 2300. The number of halogens is 1. The van der Waals surface area contributed by atoms with Crippen LogP contribution in [-0.4, -0.2) is 23.0 Å². The summed E-state index contributed by atoms with van der Waals surface area (Å²) in [5.41, 5.74) is 5.58. The van der Waals surface area contributed by atoms with Crippen LogP contribution in [0.5, 0.6) is 0 Å². The first-order valence-electron chi connectivity index (χ1n) is 17.0. The van der Waals surface area contributed by atoms with Crippen molar-refractivity contribution in [1.29, 1.82) is 0 Å². The van der Waals surface area contributed by atoms with E-state index < -0.39 is 26.6 Å². The summed E-state index contributed by atoms with van der Waals surface area (Å²) >= 11 is 0. The third kappa shape index (κ3) is 7.33. The zero-order chi connectivity index (χ0) is 35.8. The van der Waals surface area contributed by atoms with Crippen molar-refractivity contribution in [3.63, 3.8) is 0 Å². The standard InChI is InChI=1S/C23H14FN2O.C17H22NSi.Ir/c1-14-10-11-17-16-8-5-9-18(22(16)27-23(17)26-14)21-12-20(24)19(13-25-21)15-6-3-2-4-7-15;1-13(2)15-11-16(14-9-7-6-8-10-14)18-12-17(15)19(3,4)5;/h2-8,10-13H,1H3;6-9,11-13H,1-5H3;/q2*-1;/i1D3;13D;. The molecule has 0 aliphatic heterocycles. The van der Waals surface area contributed by atoms with Gasteiger partial charge in [-0.3, -0.25) is 0 Å². The number of hydrogen-bond acceptors (Lipinski definition) is 4. The van der Waals surface area contributed by atoms with Crippen molar-refractivity contribution in [2.45, 2.75) is 46.2 Å². The number of aromatic nitrogens is 3. The van der Waals surface area contributed by atoms with Crippen LogP contribution in [0.1, 0.15) is 36.5 Å². The number of hydrogen-bond donors (Lipinski definition) is 0. The van der Waals surface area contributed by atoms with Crippen LogP contribution in [0.4, 0.5) is 4.39 Å². The van der Waals surface area contributed by atoms with Gasteiger partial charge in [-0.2, -0.15) is 0 Å². The third-order valence-electron chi connectivity index (χ3n) is 7.73. The van der Waals surface area contributed by atoms with E-state index in [9.17, 15) is 4.39 Å². The molecule has 0 aliphatic rings. The smallest absolute Gasteiger partial charge is 0.216 e. The molecule has 0 atom stereocenters. The minimum absolute atomic E-state index is 0. The molecule has 0 spiro atoms. The fourth-order valence-electron chi connectivity index (χ4n) is 5.38. The molecule has 1 radical (unpaired) electrons. The van der Waals surface area contributed by atoms with E-state index in [4.69, 9.17) is 9.90 Å². The van der Waals surface area contributed by atoms with E-state index in [1.165, 1.54) is 23.5 Å². The Balaban J connectivity index is 0.000000211. The van der Waals surface area contributed by atoms with E-state index in [1.807, 2.05) is 74.6 Å². The van der Waals surface area contributed by atoms with Gasteiger partial charge in [0.2, 0.25) is 5.71 Å². The first-order valence-corrected chi connectivity index (χ1v) is 18.5. The van der Waals surface area contributed by atoms with E-state index in [0.29, 0.717) is 27.8 Å². The van der Waals surface area contributed by atoms with Gasteiger partial charge in [-0.05, 0) is 53.1 Å². The second kappa shape index (κ2) is 14.2. The molecule has 239 valence electrons. The topological polar surface area (TPSA) is 51.8 Å². The molecular formula is C40H36FIrN3OSi-2. The van der Waals surface area contributed by atoms with Crippen molar-refractivity contribution in [3.05, 3.63) is 133 Å². The Morgan fingerprint density at radius 2 is 1.62 bits per heavy atom. The maximum Gasteiger partial charge on any atom is 0.216 e. The average Bonchev–Trinajstić information content (AvgIpc) is 3.46. The van der Waals surface area contributed by atoms with Crippen LogP contribution < -0.4 is 5.19 Å². The fraction of sp³-hybridized carbons (Fsp3) is 0.175. The van der Waals surface area contributed by atoms with Crippen molar-refractivity contribution in [1.82, 2.24) is 15.0 Å². The van der Waals surface area contributed by atoms with Gasteiger partial charge in [0.15, 0.2) is 0 Å². The predicted octanol–water partition coefficient (Wildman–Crippen LogP) is 10.2. The minimum Gasteiger partial charge on any atom is -0.486 e. The summed E-state index contributed by atoms with van der Waals surface area (Å²) in [6, 6.07) is 33.4. The molecule has 47 heavy (non-hydrogen) atoms. The minimum atomic E-state index is -2.33. The molecule has 4 aromatic heterocycles. The zero-order valence-corrected chi connectivity index (χ0v) is 30.2. The van der Waals surface area contributed by atoms with Crippen molar-refractivity contribution >= 4 is 35.3 Å². The maximum atomic E-state index is 14.9. The van der Waals surface area contributed by atoms with Gasteiger partial charge >= 0.3 is 0 Å². The summed E-state index contributed by atoms with van der Waals surface area (Å²) in [7, 11) is -1.50. The van der Waals surface area contributed by atoms with Gasteiger partial charge < -0.3 is 14.4 Å². The van der Waals surface area contributed by atoms with Gasteiger partial charge in [-0.15, -0.1) is 54.1 Å². The number of aryl methyl sites for hydroxylation is 1. The van der Waals surface area contributed by atoms with E-state index >= 15 is 0 Å². The summed E-state index contributed by atoms with van der Waals surface area (Å²) in [6.07, 6.45) is 3.47. The first-order chi connectivity index (χ1) is 23.6. The molecule has 0 fully saturated rings. The van der Waals surface area contributed by atoms with Crippen LogP contribution in [0.3, 0.4) is 0 Å². The molecule has 7 aromatic rings. The second-order valence-corrected chi connectivity index (χ2v) is 17.3. The Kier molecular flexibility index (Phi) is 8.74. The van der Waals surface area contributed by atoms with Gasteiger partial charge in [-0.25, -0.2) is 9.37 Å². The van der Waals surface area contributed by atoms with E-state index in [-0.39, 0.29) is 31.5 Å². The molecule has 0 N–H and O–H groups in total. The molecule has 0 saturated carbocycles. The molecule has 0 saturated heterocycles. The van der Waals surface area contributed by atoms with Crippen molar-refractivity contribution in [2.75, 3.05) is 0 Å². The number of furan rings is 1. The number of benzene rings is 3. The summed E-state index contributed by atoms with van der Waals surface area (Å²) < 4.78 is 51.8. The Hall–Kier alpha value is -4.29. The number of rotatable bonds is 5. The normalized spacial score (nSPS) is 13.1. The molecular weight excluding hydrogens is 778 g/mol. The van der Waals surface area contributed by atoms with Crippen LogP contribution in [0, 0.1) is 24.8 Å². The maximum absolute atomic E-state index is 14.9. The monoisotopic (exact) mass is 818 g/mol. The summed E-state index contributed by atoms with van der Waals surface area (Å²) in [5.74, 6) is -1.02. The Morgan fingerprint density at radius 3 is 2.30 bits per heavy atom. The molecule has 0 amide bonds. The third-order valence-corrected chi connectivity index (χ3v) is 9.74. The first kappa shape index (κ1) is 28.9. The van der Waals surface area contributed by atoms with Gasteiger partial charge in [0.1, 0.15) is 5.82 Å². The van der Waals surface area contributed by atoms with Crippen LogP contribution in [-0.2, 0) is 20.1 Å². The molecule has 0 aliphatic carbocycles. The molecule has 0 bridgehead atoms. The number of nitrogens with zero attached hydrogens (tertiary/aromatic N) is 3. The largest absolute Gasteiger partial charge is 0.486 e. The predicted molar refractivity (Wildman–Crippen MR) is 189 cm³/mol. The van der Waals surface area contributed by atoms with Crippen LogP contribution in [0.25, 0.3) is 55.7 Å². The van der Waals surface area contributed by atoms with E-state index in [0.717, 1.165) is 27.8 Å². The van der Waals surface area contributed by atoms with Crippen LogP contribution in [0.15, 0.2) is 108 Å². The van der Waals surface area contributed by atoms with Crippen LogP contribution >= 0.6 is 0 Å². The molecule has 0 unspecified atom stereocenters. The molecule has 3 aromatic carbocycles. The van der Waals surface area contributed by atoms with Gasteiger partial charge in [0.05, 0.1) is 13.7 Å². The van der Waals surface area contributed by atoms with E-state index in [2.05, 4.69) is 52.8 Å². The van der Waals surface area contributed by atoms with Crippen molar-refractivity contribution in [2.24, 2.45) is 0 Å². The second-order valence-electron chi connectivity index (χ2n) is 12.3. The Labute approximate surface area is 296 Å². The molecule has 7 heteroatoms. The fourth-order valence-corrected chi connectivity index (χ4v) is 6.96. The number of fused-ring (bicyclic) bond motifs is 3. The van der Waals surface area contributed by atoms with Crippen LogP contribution in [0.2, 0.25) is 19.6 Å². The molecule has 7 rings (SSSR count). The molecule has 4 nitrogen and oxygen atoms in total. The van der Waals surface area contributed by atoms with Gasteiger partial charge in [0, 0.05) is 54.6 Å². The average molecular weight is 818 g/mol. The van der Waals surface area contributed by atoms with Gasteiger partial charge in [0.25, 0.3) is 0 Å². The van der Waals surface area contributed by atoms with Gasteiger partial charge in [-0.1, -0.05) is 86.4 Å². The van der Waals surface area contributed by atoms with Crippen molar-refractivity contribution < 1.29 is 34.4 Å². The summed E-state index contributed by atoms with van der Waals surface area (Å²) in [4.78, 5) is 13.2. The summed E-state index contributed by atoms with van der Waals surface area (Å²) in [5, 5.41) is 2.68. The Morgan fingerprint density at radius 1 is 0.851 bits per heavy atom. The quantitative estimate of drug-likeness (QED) is 0.128. The number of pyridine rings is 3. The SMILES string of the molecule is [2H]C(C)(C)c1cc(-c2[c-]cccc2)ncc1[Si](C)(C)C.[2H]C([2H])([2H])c1ccc2c(n1)oc1c(-c3cc(F)c(-c4ccccc4)cn3)[c-]ccc12.[Ir]. The van der Waals surface area contributed by atoms with E-state index in [1.54, 1.807) is 18.2 Å². The van der Waals surface area contributed by atoms with Crippen molar-refractivity contribution in [3.8, 4) is 33.6 Å². The zero-order valence-electron chi connectivity index (χ0n) is 30.8. The summed E-state index contributed by atoms with van der Waals surface area (Å²) in [6.45, 7) is 8.46. The molecule has 4 heterocycles.